The van der Waals surface area contributed by atoms with Crippen molar-refractivity contribution in [3.8, 4) is 0 Å². The Morgan fingerprint density at radius 1 is 1.38 bits per heavy atom. The summed E-state index contributed by atoms with van der Waals surface area (Å²) in [5.74, 6) is -2.93. The van der Waals surface area contributed by atoms with Crippen molar-refractivity contribution in [1.29, 1.82) is 0 Å². The number of amides is 1. The zero-order valence-corrected chi connectivity index (χ0v) is 4.26. The average Bonchev–Trinajstić information content (AvgIpc) is 1.72. The molecule has 0 aromatic rings. The Bertz CT molecular complexity index is 87.5. The van der Waals surface area contributed by atoms with Gasteiger partial charge in [0.2, 0.25) is 0 Å². The molecule has 3 N–H and O–H groups in total. The van der Waals surface area contributed by atoms with E-state index in [1.54, 1.807) is 0 Å². The van der Waals surface area contributed by atoms with Gasteiger partial charge in [-0.1, -0.05) is 0 Å². The molecule has 0 aliphatic rings. The third-order valence-corrected chi connectivity index (χ3v) is 0.211. The van der Waals surface area contributed by atoms with E-state index in [2.05, 4.69) is 18.9 Å². The molecule has 0 rings (SSSR count). The molecule has 0 unspecified atom stereocenters. The van der Waals surface area contributed by atoms with Crippen molar-refractivity contribution < 1.29 is 14.7 Å². The molecule has 46 valence electrons. The standard InChI is InChI=1S/C2H3NO3.C2H4/c3-1(4)2(5)6;1-2/h(H2,3,4)(H,5,6);1-2H2. The lowest BCUT2D eigenvalue weighted by Crippen LogP contribution is -2.21. The topological polar surface area (TPSA) is 80.4 Å². The molecule has 0 spiro atoms. The number of primary amides is 1. The molecular formula is C4H7NO3. The van der Waals surface area contributed by atoms with Gasteiger partial charge in [-0.3, -0.25) is 4.79 Å². The number of carboxylic acid groups (broad SMARTS) is 1. The van der Waals surface area contributed by atoms with Crippen LogP contribution in [0.3, 0.4) is 0 Å². The summed E-state index contributed by atoms with van der Waals surface area (Å²) in [7, 11) is 0. The van der Waals surface area contributed by atoms with Crippen molar-refractivity contribution in [2.45, 2.75) is 0 Å². The maximum Gasteiger partial charge on any atom is 0.394 e. The fourth-order valence-electron chi connectivity index (χ4n) is 0. The third-order valence-electron chi connectivity index (χ3n) is 0.211. The summed E-state index contributed by atoms with van der Waals surface area (Å²) >= 11 is 0. The lowest BCUT2D eigenvalue weighted by Gasteiger charge is -1.74. The number of hydrogen-bond acceptors (Lipinski definition) is 2. The number of hydrogen-bond donors (Lipinski definition) is 2. The molecule has 0 radical (unpaired) electrons. The highest BCUT2D eigenvalue weighted by molar-refractivity contribution is 6.30. The molecule has 8 heavy (non-hydrogen) atoms. The van der Waals surface area contributed by atoms with Gasteiger partial charge in [0.15, 0.2) is 0 Å². The maximum absolute atomic E-state index is 9.32. The van der Waals surface area contributed by atoms with Crippen molar-refractivity contribution in [2.75, 3.05) is 0 Å². The molecule has 0 saturated heterocycles. The van der Waals surface area contributed by atoms with E-state index in [-0.39, 0.29) is 0 Å². The lowest BCUT2D eigenvalue weighted by molar-refractivity contribution is -0.148. The van der Waals surface area contributed by atoms with Crippen LogP contribution in [0.2, 0.25) is 0 Å². The first-order valence-corrected chi connectivity index (χ1v) is 1.67. The molecule has 0 aliphatic heterocycles. The number of carboxylic acids is 1. The minimum Gasteiger partial charge on any atom is -0.474 e. The van der Waals surface area contributed by atoms with E-state index in [1.165, 1.54) is 0 Å². The van der Waals surface area contributed by atoms with Crippen LogP contribution in [0.4, 0.5) is 0 Å². The van der Waals surface area contributed by atoms with Crippen LogP contribution in [0.25, 0.3) is 0 Å². The number of aliphatic carboxylic acids is 1. The second-order valence-corrected chi connectivity index (χ2v) is 0.669. The summed E-state index contributed by atoms with van der Waals surface area (Å²) < 4.78 is 0. The highest BCUT2D eigenvalue weighted by Gasteiger charge is 2.00. The van der Waals surface area contributed by atoms with Crippen LogP contribution >= 0.6 is 0 Å². The van der Waals surface area contributed by atoms with Gasteiger partial charge in [0.1, 0.15) is 0 Å². The molecule has 0 aromatic heterocycles. The summed E-state index contributed by atoms with van der Waals surface area (Å²) in [6.07, 6.45) is 0. The molecule has 0 aromatic carbocycles. The fourth-order valence-corrected chi connectivity index (χ4v) is 0. The highest BCUT2D eigenvalue weighted by Crippen LogP contribution is 1.51. The van der Waals surface area contributed by atoms with Crippen LogP contribution in [0.5, 0.6) is 0 Å². The summed E-state index contributed by atoms with van der Waals surface area (Å²) in [5, 5.41) is 7.52. The molecule has 4 heteroatoms. The second kappa shape index (κ2) is 5.68. The number of nitrogens with two attached hydrogens (primary N) is 1. The van der Waals surface area contributed by atoms with Crippen LogP contribution in [0.15, 0.2) is 13.2 Å². The first-order chi connectivity index (χ1) is 3.64. The Labute approximate surface area is 46.6 Å². The third kappa shape index (κ3) is 8.82. The van der Waals surface area contributed by atoms with Gasteiger partial charge in [-0.25, -0.2) is 4.79 Å². The number of rotatable bonds is 0. The SMILES string of the molecule is C=C.NC(=O)C(=O)O. The normalized spacial score (nSPS) is 6.00. The van der Waals surface area contributed by atoms with Crippen molar-refractivity contribution in [3.05, 3.63) is 13.2 Å². The van der Waals surface area contributed by atoms with Gasteiger partial charge < -0.3 is 10.8 Å². The smallest absolute Gasteiger partial charge is 0.394 e. The van der Waals surface area contributed by atoms with Crippen LogP contribution in [-0.4, -0.2) is 17.0 Å². The fraction of sp³-hybridized carbons (Fsp3) is 0. The van der Waals surface area contributed by atoms with Crippen molar-refractivity contribution in [2.24, 2.45) is 5.73 Å². The molecule has 1 amide bonds. The minimum absolute atomic E-state index is 1.32. The minimum atomic E-state index is -1.60. The van der Waals surface area contributed by atoms with E-state index >= 15 is 0 Å². The van der Waals surface area contributed by atoms with Gasteiger partial charge in [0.05, 0.1) is 0 Å². The molecule has 0 heterocycles. The van der Waals surface area contributed by atoms with Crippen LogP contribution in [0, 0.1) is 0 Å². The highest BCUT2D eigenvalue weighted by atomic mass is 16.4. The summed E-state index contributed by atoms with van der Waals surface area (Å²) in [6.45, 7) is 6.00. The molecule has 0 aliphatic carbocycles. The molecule has 0 fully saturated rings. The van der Waals surface area contributed by atoms with Crippen LogP contribution in [-0.2, 0) is 9.59 Å². The van der Waals surface area contributed by atoms with Gasteiger partial charge in [0.25, 0.3) is 0 Å². The van der Waals surface area contributed by atoms with Gasteiger partial charge in [-0.2, -0.15) is 0 Å². The number of carbonyl (C=O) groups is 2. The predicted molar refractivity (Wildman–Crippen MR) is 28.1 cm³/mol. The summed E-state index contributed by atoms with van der Waals surface area (Å²) in [5.41, 5.74) is 4.20. The zero-order chi connectivity index (χ0) is 7.15. The quantitative estimate of drug-likeness (QED) is 0.327. The van der Waals surface area contributed by atoms with Crippen molar-refractivity contribution in [1.82, 2.24) is 0 Å². The number of carbonyl (C=O) groups excluding carboxylic acids is 1. The van der Waals surface area contributed by atoms with Crippen molar-refractivity contribution >= 4 is 11.9 Å². The van der Waals surface area contributed by atoms with Crippen molar-refractivity contribution in [3.63, 3.8) is 0 Å². The van der Waals surface area contributed by atoms with E-state index in [4.69, 9.17) is 5.11 Å². The summed E-state index contributed by atoms with van der Waals surface area (Å²) in [6, 6.07) is 0. The van der Waals surface area contributed by atoms with E-state index in [0.717, 1.165) is 0 Å². The Hall–Kier alpha value is -1.32. The maximum atomic E-state index is 9.32. The molecule has 0 bridgehead atoms. The second-order valence-electron chi connectivity index (χ2n) is 0.669. The molecule has 4 nitrogen and oxygen atoms in total. The first kappa shape index (κ1) is 9.84. The lowest BCUT2D eigenvalue weighted by atomic mass is 10.7. The Morgan fingerprint density at radius 3 is 1.50 bits per heavy atom. The summed E-state index contributed by atoms with van der Waals surface area (Å²) in [4.78, 5) is 18.5. The Kier molecular flexibility index (Phi) is 6.99. The van der Waals surface area contributed by atoms with Crippen LogP contribution in [0.1, 0.15) is 0 Å². The van der Waals surface area contributed by atoms with Gasteiger partial charge in [0, 0.05) is 0 Å². The van der Waals surface area contributed by atoms with E-state index in [0.29, 0.717) is 0 Å². The van der Waals surface area contributed by atoms with E-state index in [1.807, 2.05) is 0 Å². The van der Waals surface area contributed by atoms with Gasteiger partial charge in [-0.15, -0.1) is 13.2 Å². The first-order valence-electron chi connectivity index (χ1n) is 1.67. The predicted octanol–water partition coefficient (Wildman–Crippen LogP) is -0.642. The largest absolute Gasteiger partial charge is 0.474 e. The monoisotopic (exact) mass is 117 g/mol. The average molecular weight is 117 g/mol. The molecule has 0 saturated carbocycles. The Balaban J connectivity index is 0. The molecule has 0 atom stereocenters. The Morgan fingerprint density at radius 2 is 1.50 bits per heavy atom. The zero-order valence-electron chi connectivity index (χ0n) is 4.26. The van der Waals surface area contributed by atoms with Gasteiger partial charge >= 0.3 is 11.9 Å². The van der Waals surface area contributed by atoms with Crippen LogP contribution < -0.4 is 5.73 Å². The van der Waals surface area contributed by atoms with E-state index < -0.39 is 11.9 Å². The molecular weight excluding hydrogens is 110 g/mol. The van der Waals surface area contributed by atoms with E-state index in [9.17, 15) is 9.59 Å². The van der Waals surface area contributed by atoms with Gasteiger partial charge in [-0.05, 0) is 0 Å².